The first-order valence-corrected chi connectivity index (χ1v) is 4.09. The van der Waals surface area contributed by atoms with Gasteiger partial charge in [-0.2, -0.15) is 5.10 Å². The first kappa shape index (κ1) is 8.35. The number of terminal acetylenes is 1. The van der Waals surface area contributed by atoms with Gasteiger partial charge in [-0.15, -0.1) is 6.42 Å². The van der Waals surface area contributed by atoms with E-state index in [-0.39, 0.29) is 0 Å². The fourth-order valence-corrected chi connectivity index (χ4v) is 1.20. The summed E-state index contributed by atoms with van der Waals surface area (Å²) in [4.78, 5) is 0. The zero-order chi connectivity index (χ0) is 8.43. The molecule has 0 bridgehead atoms. The van der Waals surface area contributed by atoms with Crippen molar-refractivity contribution < 1.29 is 0 Å². The lowest BCUT2D eigenvalue weighted by molar-refractivity contribution is 0.684. The average molecular weight is 213 g/mol. The highest BCUT2D eigenvalue weighted by Gasteiger charge is 2.06. The van der Waals surface area contributed by atoms with Crippen LogP contribution in [0.1, 0.15) is 11.4 Å². The molecule has 58 valence electrons. The number of nitrogens with zero attached hydrogens (tertiary/aromatic N) is 2. The van der Waals surface area contributed by atoms with Gasteiger partial charge in [0.2, 0.25) is 0 Å². The van der Waals surface area contributed by atoms with Crippen molar-refractivity contribution in [2.75, 3.05) is 0 Å². The summed E-state index contributed by atoms with van der Waals surface area (Å²) >= 11 is 3.42. The number of aryl methyl sites for hydroxylation is 1. The topological polar surface area (TPSA) is 17.8 Å². The maximum Gasteiger partial charge on any atom is 0.102 e. The summed E-state index contributed by atoms with van der Waals surface area (Å²) in [6.45, 7) is 4.48. The Morgan fingerprint density at radius 2 is 2.27 bits per heavy atom. The van der Waals surface area contributed by atoms with Crippen LogP contribution in [-0.2, 0) is 6.54 Å². The van der Waals surface area contributed by atoms with E-state index in [2.05, 4.69) is 26.9 Å². The van der Waals surface area contributed by atoms with Crippen LogP contribution in [0, 0.1) is 26.2 Å². The molecular weight excluding hydrogens is 204 g/mol. The summed E-state index contributed by atoms with van der Waals surface area (Å²) in [5.74, 6) is 2.54. The Morgan fingerprint density at radius 3 is 2.64 bits per heavy atom. The van der Waals surface area contributed by atoms with Gasteiger partial charge in [-0.25, -0.2) is 0 Å². The molecule has 0 fully saturated rings. The Balaban J connectivity index is 3.10. The summed E-state index contributed by atoms with van der Waals surface area (Å²) in [5, 5.41) is 4.23. The van der Waals surface area contributed by atoms with Gasteiger partial charge in [0.15, 0.2) is 0 Å². The molecule has 1 aromatic rings. The molecule has 0 aliphatic carbocycles. The van der Waals surface area contributed by atoms with Gasteiger partial charge in [-0.1, -0.05) is 5.92 Å². The number of aromatic nitrogens is 2. The second-order valence-electron chi connectivity index (χ2n) is 2.35. The Hall–Kier alpha value is -0.750. The standard InChI is InChI=1S/C8H9BrN2/c1-4-5-11-7(3)8(9)6(2)10-11/h1H,5H2,2-3H3. The van der Waals surface area contributed by atoms with Crippen molar-refractivity contribution in [1.29, 1.82) is 0 Å². The first-order valence-electron chi connectivity index (χ1n) is 3.29. The molecule has 3 heteroatoms. The molecule has 0 unspecified atom stereocenters. The molecule has 0 aromatic carbocycles. The van der Waals surface area contributed by atoms with Crippen molar-refractivity contribution in [3.8, 4) is 12.3 Å². The zero-order valence-electron chi connectivity index (χ0n) is 6.56. The molecule has 11 heavy (non-hydrogen) atoms. The minimum Gasteiger partial charge on any atom is -0.256 e. The monoisotopic (exact) mass is 212 g/mol. The molecule has 0 saturated carbocycles. The van der Waals surface area contributed by atoms with Crippen LogP contribution < -0.4 is 0 Å². The second kappa shape index (κ2) is 3.10. The molecule has 0 aliphatic heterocycles. The summed E-state index contributed by atoms with van der Waals surface area (Å²) in [7, 11) is 0. The third kappa shape index (κ3) is 1.46. The van der Waals surface area contributed by atoms with E-state index in [1.54, 1.807) is 4.68 Å². The fourth-order valence-electron chi connectivity index (χ4n) is 0.915. The van der Waals surface area contributed by atoms with E-state index >= 15 is 0 Å². The maximum absolute atomic E-state index is 5.16. The molecular formula is C8H9BrN2. The number of hydrogen-bond acceptors (Lipinski definition) is 1. The first-order chi connectivity index (χ1) is 5.16. The Kier molecular flexibility index (Phi) is 2.35. The van der Waals surface area contributed by atoms with E-state index in [0.29, 0.717) is 6.54 Å². The van der Waals surface area contributed by atoms with Crippen LogP contribution in [0.4, 0.5) is 0 Å². The van der Waals surface area contributed by atoms with Crippen LogP contribution in [0.5, 0.6) is 0 Å². The highest BCUT2D eigenvalue weighted by Crippen LogP contribution is 2.19. The fraction of sp³-hybridized carbons (Fsp3) is 0.375. The predicted molar refractivity (Wildman–Crippen MR) is 48.2 cm³/mol. The van der Waals surface area contributed by atoms with Gasteiger partial charge >= 0.3 is 0 Å². The van der Waals surface area contributed by atoms with Crippen molar-refractivity contribution >= 4 is 15.9 Å². The SMILES string of the molecule is C#CCn1nc(C)c(Br)c1C. The Bertz CT molecular complexity index is 307. The van der Waals surface area contributed by atoms with Gasteiger partial charge in [0.05, 0.1) is 15.9 Å². The van der Waals surface area contributed by atoms with Gasteiger partial charge < -0.3 is 0 Å². The van der Waals surface area contributed by atoms with Crippen LogP contribution in [-0.4, -0.2) is 9.78 Å². The maximum atomic E-state index is 5.16. The van der Waals surface area contributed by atoms with Gasteiger partial charge in [0.25, 0.3) is 0 Å². The van der Waals surface area contributed by atoms with Crippen LogP contribution >= 0.6 is 15.9 Å². The van der Waals surface area contributed by atoms with E-state index in [0.717, 1.165) is 15.9 Å². The van der Waals surface area contributed by atoms with Gasteiger partial charge in [0.1, 0.15) is 6.54 Å². The highest BCUT2D eigenvalue weighted by atomic mass is 79.9. The molecule has 0 saturated heterocycles. The molecule has 0 amide bonds. The van der Waals surface area contributed by atoms with E-state index < -0.39 is 0 Å². The van der Waals surface area contributed by atoms with Crippen LogP contribution in [0.3, 0.4) is 0 Å². The average Bonchev–Trinajstić information content (AvgIpc) is 2.19. The van der Waals surface area contributed by atoms with E-state index in [9.17, 15) is 0 Å². The normalized spacial score (nSPS) is 9.64. The third-order valence-electron chi connectivity index (χ3n) is 1.53. The van der Waals surface area contributed by atoms with Gasteiger partial charge in [-0.05, 0) is 29.8 Å². The molecule has 1 heterocycles. The zero-order valence-corrected chi connectivity index (χ0v) is 8.14. The molecule has 0 N–H and O–H groups in total. The summed E-state index contributed by atoms with van der Waals surface area (Å²) in [5.41, 5.74) is 2.07. The van der Waals surface area contributed by atoms with Crippen LogP contribution in [0.2, 0.25) is 0 Å². The molecule has 0 radical (unpaired) electrons. The van der Waals surface area contributed by atoms with Crippen molar-refractivity contribution in [3.63, 3.8) is 0 Å². The third-order valence-corrected chi connectivity index (χ3v) is 2.68. The van der Waals surface area contributed by atoms with Crippen molar-refractivity contribution in [2.45, 2.75) is 20.4 Å². The highest BCUT2D eigenvalue weighted by molar-refractivity contribution is 9.10. The number of rotatable bonds is 1. The molecule has 0 atom stereocenters. The van der Waals surface area contributed by atoms with Crippen LogP contribution in [0.25, 0.3) is 0 Å². The largest absolute Gasteiger partial charge is 0.256 e. The quantitative estimate of drug-likeness (QED) is 0.651. The lowest BCUT2D eigenvalue weighted by atomic mass is 10.4. The summed E-state index contributed by atoms with van der Waals surface area (Å²) in [6, 6.07) is 0. The summed E-state index contributed by atoms with van der Waals surface area (Å²) < 4.78 is 2.85. The van der Waals surface area contributed by atoms with Crippen molar-refractivity contribution in [1.82, 2.24) is 9.78 Å². The summed E-state index contributed by atoms with van der Waals surface area (Å²) in [6.07, 6.45) is 5.16. The lowest BCUT2D eigenvalue weighted by Crippen LogP contribution is -1.99. The Labute approximate surface area is 74.7 Å². The van der Waals surface area contributed by atoms with Gasteiger partial charge in [-0.3, -0.25) is 4.68 Å². The minimum absolute atomic E-state index is 0.540. The lowest BCUT2D eigenvalue weighted by Gasteiger charge is -1.95. The smallest absolute Gasteiger partial charge is 0.102 e. The minimum atomic E-state index is 0.540. The van der Waals surface area contributed by atoms with Crippen molar-refractivity contribution in [2.24, 2.45) is 0 Å². The molecule has 0 spiro atoms. The van der Waals surface area contributed by atoms with E-state index in [4.69, 9.17) is 6.42 Å². The second-order valence-corrected chi connectivity index (χ2v) is 3.14. The number of halogens is 1. The van der Waals surface area contributed by atoms with E-state index in [1.807, 2.05) is 13.8 Å². The molecule has 1 rings (SSSR count). The number of hydrogen-bond donors (Lipinski definition) is 0. The molecule has 0 aliphatic rings. The Morgan fingerprint density at radius 1 is 1.64 bits per heavy atom. The van der Waals surface area contributed by atoms with Gasteiger partial charge in [0, 0.05) is 0 Å². The van der Waals surface area contributed by atoms with E-state index in [1.165, 1.54) is 0 Å². The molecule has 2 nitrogen and oxygen atoms in total. The van der Waals surface area contributed by atoms with Crippen LogP contribution in [0.15, 0.2) is 4.47 Å². The van der Waals surface area contributed by atoms with Crippen molar-refractivity contribution in [3.05, 3.63) is 15.9 Å². The molecule has 1 aromatic heterocycles. The predicted octanol–water partition coefficient (Wildman–Crippen LogP) is 1.90.